The van der Waals surface area contributed by atoms with Crippen molar-refractivity contribution in [3.63, 3.8) is 0 Å². The van der Waals surface area contributed by atoms with E-state index in [9.17, 15) is 9.18 Å². The topological polar surface area (TPSA) is 77.0 Å². The summed E-state index contributed by atoms with van der Waals surface area (Å²) in [5.74, 6) is 1.36. The van der Waals surface area contributed by atoms with Gasteiger partial charge in [-0.3, -0.25) is 9.48 Å². The van der Waals surface area contributed by atoms with Crippen LogP contribution >= 0.6 is 0 Å². The maximum absolute atomic E-state index is 13.0. The zero-order chi connectivity index (χ0) is 19.5. The molecule has 146 valence electrons. The molecule has 1 aliphatic heterocycles. The molecule has 0 unspecified atom stereocenters. The summed E-state index contributed by atoms with van der Waals surface area (Å²) in [5, 5.41) is 8.10. The number of benzene rings is 1. The number of piperidine rings is 1. The van der Waals surface area contributed by atoms with E-state index in [4.69, 9.17) is 4.52 Å². The normalized spacial score (nSPS) is 15.1. The molecule has 0 bridgehead atoms. The number of rotatable bonds is 5. The molecule has 1 saturated heterocycles. The Balaban J connectivity index is 1.27. The highest BCUT2D eigenvalue weighted by Crippen LogP contribution is 2.24. The molecular weight excluding hydrogens is 361 g/mol. The maximum Gasteiger partial charge on any atom is 0.257 e. The average molecular weight is 383 g/mol. The van der Waals surface area contributed by atoms with Gasteiger partial charge in [-0.1, -0.05) is 5.16 Å². The molecule has 0 saturated carbocycles. The van der Waals surface area contributed by atoms with Gasteiger partial charge in [0.15, 0.2) is 5.82 Å². The summed E-state index contributed by atoms with van der Waals surface area (Å²) in [6.07, 6.45) is 6.99. The molecule has 0 N–H and O–H groups in total. The molecule has 1 aliphatic rings. The second-order valence-corrected chi connectivity index (χ2v) is 7.20. The summed E-state index contributed by atoms with van der Waals surface area (Å²) < 4.78 is 19.9. The second-order valence-electron chi connectivity index (χ2n) is 7.20. The summed E-state index contributed by atoms with van der Waals surface area (Å²) in [6, 6.07) is 6.00. The summed E-state index contributed by atoms with van der Waals surface area (Å²) >= 11 is 0. The average Bonchev–Trinajstić information content (AvgIpc) is 3.36. The van der Waals surface area contributed by atoms with E-state index < -0.39 is 0 Å². The van der Waals surface area contributed by atoms with Crippen LogP contribution in [0.1, 0.15) is 35.4 Å². The highest BCUT2D eigenvalue weighted by atomic mass is 19.1. The van der Waals surface area contributed by atoms with Crippen LogP contribution in [-0.2, 0) is 13.5 Å². The molecule has 0 atom stereocenters. The standard InChI is InChI=1S/C20H22FN5O2/c1-25-13-16(12-22-25)20(27)26-10-8-14(9-11-26)2-7-18-23-19(28-24-18)15-3-5-17(21)6-4-15/h3-6,12-14H,2,7-11H2,1H3. The lowest BCUT2D eigenvalue weighted by atomic mass is 9.92. The Bertz CT molecular complexity index is 942. The highest BCUT2D eigenvalue weighted by molar-refractivity contribution is 5.93. The SMILES string of the molecule is Cn1cc(C(=O)N2CCC(CCc3noc(-c4ccc(F)cc4)n3)CC2)cn1. The van der Waals surface area contributed by atoms with Crippen molar-refractivity contribution in [1.82, 2.24) is 24.8 Å². The van der Waals surface area contributed by atoms with Gasteiger partial charge in [-0.15, -0.1) is 0 Å². The lowest BCUT2D eigenvalue weighted by Gasteiger charge is -2.31. The lowest BCUT2D eigenvalue weighted by molar-refractivity contribution is 0.0686. The van der Waals surface area contributed by atoms with Gasteiger partial charge in [-0.25, -0.2) is 4.39 Å². The smallest absolute Gasteiger partial charge is 0.257 e. The molecule has 0 radical (unpaired) electrons. The fourth-order valence-electron chi connectivity index (χ4n) is 3.54. The van der Waals surface area contributed by atoms with Gasteiger partial charge in [-0.2, -0.15) is 10.1 Å². The molecule has 0 aliphatic carbocycles. The zero-order valence-corrected chi connectivity index (χ0v) is 15.7. The van der Waals surface area contributed by atoms with Gasteiger partial charge in [0.1, 0.15) is 5.82 Å². The molecule has 8 heteroatoms. The molecule has 0 spiro atoms. The van der Waals surface area contributed by atoms with Crippen molar-refractivity contribution in [2.45, 2.75) is 25.7 Å². The third kappa shape index (κ3) is 4.11. The maximum atomic E-state index is 13.0. The van der Waals surface area contributed by atoms with Gasteiger partial charge in [0, 0.05) is 38.3 Å². The quantitative estimate of drug-likeness (QED) is 0.677. The van der Waals surface area contributed by atoms with Crippen LogP contribution in [0.4, 0.5) is 4.39 Å². The van der Waals surface area contributed by atoms with Crippen LogP contribution in [0.5, 0.6) is 0 Å². The molecule has 1 amide bonds. The number of amides is 1. The number of aryl methyl sites for hydroxylation is 2. The van der Waals surface area contributed by atoms with Gasteiger partial charge >= 0.3 is 0 Å². The van der Waals surface area contributed by atoms with Gasteiger partial charge in [0.2, 0.25) is 0 Å². The summed E-state index contributed by atoms with van der Waals surface area (Å²) in [4.78, 5) is 18.8. The number of carbonyl (C=O) groups is 1. The van der Waals surface area contributed by atoms with Crippen molar-refractivity contribution >= 4 is 5.91 Å². The Morgan fingerprint density at radius 3 is 2.68 bits per heavy atom. The third-order valence-electron chi connectivity index (χ3n) is 5.19. The molecule has 4 rings (SSSR count). The number of hydrogen-bond donors (Lipinski definition) is 0. The van der Waals surface area contributed by atoms with Crippen molar-refractivity contribution in [1.29, 1.82) is 0 Å². The minimum Gasteiger partial charge on any atom is -0.339 e. The number of carbonyl (C=O) groups excluding carboxylic acids is 1. The van der Waals surface area contributed by atoms with Gasteiger partial charge < -0.3 is 9.42 Å². The molecule has 3 heterocycles. The molecule has 2 aromatic heterocycles. The van der Waals surface area contributed by atoms with Crippen molar-refractivity contribution < 1.29 is 13.7 Å². The first-order valence-electron chi connectivity index (χ1n) is 9.45. The molecule has 1 aromatic carbocycles. The summed E-state index contributed by atoms with van der Waals surface area (Å²) in [7, 11) is 1.81. The lowest BCUT2D eigenvalue weighted by Crippen LogP contribution is -2.38. The van der Waals surface area contributed by atoms with Crippen LogP contribution in [0, 0.1) is 11.7 Å². The molecule has 3 aromatic rings. The van der Waals surface area contributed by atoms with E-state index in [-0.39, 0.29) is 11.7 Å². The number of halogens is 1. The second kappa shape index (κ2) is 7.92. The first-order valence-corrected chi connectivity index (χ1v) is 9.45. The molecule has 7 nitrogen and oxygen atoms in total. The van der Waals surface area contributed by atoms with Crippen LogP contribution in [0.3, 0.4) is 0 Å². The molecule has 1 fully saturated rings. The Kier molecular flexibility index (Phi) is 5.18. The Labute approximate surface area is 162 Å². The van der Waals surface area contributed by atoms with Crippen LogP contribution in [-0.4, -0.2) is 43.8 Å². The predicted molar refractivity (Wildman–Crippen MR) is 99.8 cm³/mol. The number of hydrogen-bond acceptors (Lipinski definition) is 5. The minimum atomic E-state index is -0.295. The summed E-state index contributed by atoms with van der Waals surface area (Å²) in [6.45, 7) is 1.51. The van der Waals surface area contributed by atoms with E-state index in [2.05, 4.69) is 15.2 Å². The Morgan fingerprint density at radius 1 is 1.25 bits per heavy atom. The predicted octanol–water partition coefficient (Wildman–Crippen LogP) is 3.09. The third-order valence-corrected chi connectivity index (χ3v) is 5.19. The van der Waals surface area contributed by atoms with Gasteiger partial charge in [0.05, 0.1) is 11.8 Å². The van der Waals surface area contributed by atoms with E-state index in [1.807, 2.05) is 11.9 Å². The zero-order valence-electron chi connectivity index (χ0n) is 15.7. The first kappa shape index (κ1) is 18.3. The van der Waals surface area contributed by atoms with Gasteiger partial charge in [0.25, 0.3) is 11.8 Å². The monoisotopic (exact) mass is 383 g/mol. The van der Waals surface area contributed by atoms with Crippen molar-refractivity contribution in [2.75, 3.05) is 13.1 Å². The van der Waals surface area contributed by atoms with Crippen LogP contribution in [0.25, 0.3) is 11.5 Å². The number of aromatic nitrogens is 4. The van der Waals surface area contributed by atoms with Crippen molar-refractivity contribution in [2.24, 2.45) is 13.0 Å². The molecule has 28 heavy (non-hydrogen) atoms. The summed E-state index contributed by atoms with van der Waals surface area (Å²) in [5.41, 5.74) is 1.35. The minimum absolute atomic E-state index is 0.0497. The molecular formula is C20H22FN5O2. The van der Waals surface area contributed by atoms with E-state index in [1.165, 1.54) is 12.1 Å². The van der Waals surface area contributed by atoms with Crippen LogP contribution in [0.15, 0.2) is 41.2 Å². The van der Waals surface area contributed by atoms with E-state index in [1.54, 1.807) is 29.2 Å². The van der Waals surface area contributed by atoms with Crippen molar-refractivity contribution in [3.05, 3.63) is 53.9 Å². The fourth-order valence-corrected chi connectivity index (χ4v) is 3.54. The Hall–Kier alpha value is -3.03. The van der Waals surface area contributed by atoms with E-state index in [0.717, 1.165) is 38.8 Å². The Morgan fingerprint density at radius 2 is 2.00 bits per heavy atom. The number of nitrogens with zero attached hydrogens (tertiary/aromatic N) is 5. The highest BCUT2D eigenvalue weighted by Gasteiger charge is 2.24. The van der Waals surface area contributed by atoms with E-state index in [0.29, 0.717) is 28.8 Å². The largest absolute Gasteiger partial charge is 0.339 e. The van der Waals surface area contributed by atoms with Crippen molar-refractivity contribution in [3.8, 4) is 11.5 Å². The van der Waals surface area contributed by atoms with Crippen LogP contribution < -0.4 is 0 Å². The van der Waals surface area contributed by atoms with E-state index >= 15 is 0 Å². The first-order chi connectivity index (χ1) is 13.6. The fraction of sp³-hybridized carbons (Fsp3) is 0.400. The van der Waals surface area contributed by atoms with Crippen LogP contribution in [0.2, 0.25) is 0 Å². The van der Waals surface area contributed by atoms with Gasteiger partial charge in [-0.05, 0) is 49.4 Å². The number of likely N-dealkylation sites (tertiary alicyclic amines) is 1.